The van der Waals surface area contributed by atoms with Crippen molar-refractivity contribution in [3.63, 3.8) is 0 Å². The summed E-state index contributed by atoms with van der Waals surface area (Å²) in [6.07, 6.45) is 2.80. The average molecular weight is 349 g/mol. The lowest BCUT2D eigenvalue weighted by Crippen LogP contribution is -2.42. The summed E-state index contributed by atoms with van der Waals surface area (Å²) in [6, 6.07) is 6.45. The average Bonchev–Trinajstić information content (AvgIpc) is 2.44. The van der Waals surface area contributed by atoms with E-state index in [1.807, 2.05) is 6.08 Å². The lowest BCUT2D eigenvalue weighted by atomic mass is 9.96. The van der Waals surface area contributed by atoms with Crippen LogP contribution in [0.15, 0.2) is 24.3 Å². The molecule has 24 heavy (non-hydrogen) atoms. The molecule has 4 nitrogen and oxygen atoms in total. The monoisotopic (exact) mass is 349 g/mol. The lowest BCUT2D eigenvalue weighted by Gasteiger charge is -2.28. The predicted molar refractivity (Wildman–Crippen MR) is 98.6 cm³/mol. The summed E-state index contributed by atoms with van der Waals surface area (Å²) in [5.41, 5.74) is 4.87. The van der Waals surface area contributed by atoms with Crippen molar-refractivity contribution in [3.05, 3.63) is 41.0 Å². The minimum absolute atomic E-state index is 0.305. The summed E-state index contributed by atoms with van der Waals surface area (Å²) in [5, 5.41) is 0. The van der Waals surface area contributed by atoms with Gasteiger partial charge in [0.05, 0.1) is 4.75 Å². The van der Waals surface area contributed by atoms with Crippen LogP contribution in [0.4, 0.5) is 0 Å². The number of hydrogen-bond acceptors (Lipinski definition) is 3. The third-order valence-corrected chi connectivity index (χ3v) is 6.89. The second-order valence-electron chi connectivity index (χ2n) is 7.57. The van der Waals surface area contributed by atoms with Gasteiger partial charge in [-0.3, -0.25) is 4.79 Å². The standard InChI is InChI=1S/C19H27NO3S/c1-14-10-15(2)12-17(11-14)16-6-8-20(9-7-16)18(21)13-24(22,23)19(3,4)5/h6,10-12H,7-9,13H2,1-5H3. The SMILES string of the molecule is Cc1cc(C)cc(C2=CCN(C(=O)CS(=O)(=O)C(C)(C)C)CC2)c1. The van der Waals surface area contributed by atoms with E-state index in [1.54, 1.807) is 25.7 Å². The summed E-state index contributed by atoms with van der Waals surface area (Å²) >= 11 is 0. The molecule has 0 aliphatic carbocycles. The Kier molecular flexibility index (Phi) is 5.23. The van der Waals surface area contributed by atoms with Gasteiger partial charge in [-0.05, 0) is 52.2 Å². The van der Waals surface area contributed by atoms with Crippen molar-refractivity contribution in [2.45, 2.75) is 45.8 Å². The number of carbonyl (C=O) groups is 1. The quantitative estimate of drug-likeness (QED) is 0.842. The number of sulfone groups is 1. The van der Waals surface area contributed by atoms with Crippen molar-refractivity contribution < 1.29 is 13.2 Å². The van der Waals surface area contributed by atoms with Crippen molar-refractivity contribution in [2.24, 2.45) is 0 Å². The van der Waals surface area contributed by atoms with Gasteiger partial charge in [0, 0.05) is 13.1 Å². The Morgan fingerprint density at radius 2 is 1.71 bits per heavy atom. The largest absolute Gasteiger partial charge is 0.338 e. The topological polar surface area (TPSA) is 54.5 Å². The van der Waals surface area contributed by atoms with Gasteiger partial charge in [0.1, 0.15) is 5.75 Å². The van der Waals surface area contributed by atoms with Crippen LogP contribution in [0, 0.1) is 13.8 Å². The fourth-order valence-electron chi connectivity index (χ4n) is 2.79. The van der Waals surface area contributed by atoms with Crippen molar-refractivity contribution in [2.75, 3.05) is 18.8 Å². The van der Waals surface area contributed by atoms with Crippen molar-refractivity contribution in [3.8, 4) is 0 Å². The Balaban J connectivity index is 2.09. The molecule has 0 N–H and O–H groups in total. The maximum Gasteiger partial charge on any atom is 0.238 e. The highest BCUT2D eigenvalue weighted by Crippen LogP contribution is 2.25. The molecule has 5 heteroatoms. The molecular weight excluding hydrogens is 322 g/mol. The molecule has 0 radical (unpaired) electrons. The molecule has 1 aromatic carbocycles. The summed E-state index contributed by atoms with van der Waals surface area (Å²) in [4.78, 5) is 14.0. The molecule has 0 unspecified atom stereocenters. The smallest absolute Gasteiger partial charge is 0.238 e. The van der Waals surface area contributed by atoms with Gasteiger partial charge in [0.2, 0.25) is 5.91 Å². The number of carbonyl (C=O) groups excluding carboxylic acids is 1. The van der Waals surface area contributed by atoms with E-state index in [1.165, 1.54) is 22.3 Å². The molecule has 0 bridgehead atoms. The molecule has 0 atom stereocenters. The van der Waals surface area contributed by atoms with Gasteiger partial charge in [-0.1, -0.05) is 35.4 Å². The van der Waals surface area contributed by atoms with Crippen LogP contribution in [0.2, 0.25) is 0 Å². The molecule has 1 amide bonds. The van der Waals surface area contributed by atoms with Crippen LogP contribution >= 0.6 is 0 Å². The first-order valence-corrected chi connectivity index (χ1v) is 9.92. The number of nitrogens with zero attached hydrogens (tertiary/aromatic N) is 1. The first kappa shape index (κ1) is 18.7. The molecule has 0 saturated heterocycles. The van der Waals surface area contributed by atoms with Crippen LogP contribution in [0.25, 0.3) is 5.57 Å². The van der Waals surface area contributed by atoms with E-state index in [-0.39, 0.29) is 5.91 Å². The van der Waals surface area contributed by atoms with Crippen LogP contribution in [0.3, 0.4) is 0 Å². The fourth-order valence-corrected chi connectivity index (χ4v) is 3.73. The second kappa shape index (κ2) is 6.71. The van der Waals surface area contributed by atoms with E-state index >= 15 is 0 Å². The Morgan fingerprint density at radius 1 is 1.12 bits per heavy atom. The molecule has 132 valence electrons. The summed E-state index contributed by atoms with van der Waals surface area (Å²) < 4.78 is 23.5. The van der Waals surface area contributed by atoms with Gasteiger partial charge in [-0.15, -0.1) is 0 Å². The Morgan fingerprint density at radius 3 is 2.17 bits per heavy atom. The second-order valence-corrected chi connectivity index (χ2v) is 10.3. The maximum absolute atomic E-state index is 12.3. The zero-order valence-electron chi connectivity index (χ0n) is 15.2. The molecule has 2 rings (SSSR count). The highest BCUT2D eigenvalue weighted by molar-refractivity contribution is 7.93. The van der Waals surface area contributed by atoms with E-state index in [2.05, 4.69) is 32.0 Å². The molecular formula is C19H27NO3S. The lowest BCUT2D eigenvalue weighted by molar-refractivity contribution is -0.128. The zero-order valence-corrected chi connectivity index (χ0v) is 16.0. The summed E-state index contributed by atoms with van der Waals surface area (Å²) in [5.74, 6) is -0.718. The van der Waals surface area contributed by atoms with E-state index in [0.29, 0.717) is 13.1 Å². The minimum atomic E-state index is -3.44. The van der Waals surface area contributed by atoms with E-state index in [4.69, 9.17) is 0 Å². The molecule has 1 aliphatic rings. The molecule has 0 fully saturated rings. The Bertz CT molecular complexity index is 750. The maximum atomic E-state index is 12.3. The molecule has 1 aliphatic heterocycles. The first-order valence-electron chi connectivity index (χ1n) is 8.27. The fraction of sp³-hybridized carbons (Fsp3) is 0.526. The van der Waals surface area contributed by atoms with Crippen LogP contribution in [0.5, 0.6) is 0 Å². The first-order chi connectivity index (χ1) is 11.0. The Hall–Kier alpha value is -1.62. The van der Waals surface area contributed by atoms with Gasteiger partial charge in [0.25, 0.3) is 0 Å². The van der Waals surface area contributed by atoms with Gasteiger partial charge >= 0.3 is 0 Å². The van der Waals surface area contributed by atoms with Crippen molar-refractivity contribution >= 4 is 21.3 Å². The van der Waals surface area contributed by atoms with Gasteiger partial charge in [-0.25, -0.2) is 8.42 Å². The summed E-state index contributed by atoms with van der Waals surface area (Å²) in [7, 11) is -3.44. The third kappa shape index (κ3) is 4.26. The Labute approximate surface area is 145 Å². The molecule has 0 saturated carbocycles. The highest BCUT2D eigenvalue weighted by Gasteiger charge is 2.33. The molecule has 0 spiro atoms. The third-order valence-electron chi connectivity index (χ3n) is 4.40. The summed E-state index contributed by atoms with van der Waals surface area (Å²) in [6.45, 7) is 10.1. The van der Waals surface area contributed by atoms with Gasteiger partial charge in [-0.2, -0.15) is 0 Å². The van der Waals surface area contributed by atoms with E-state index < -0.39 is 20.3 Å². The van der Waals surface area contributed by atoms with Gasteiger partial charge in [0.15, 0.2) is 9.84 Å². The number of hydrogen-bond donors (Lipinski definition) is 0. The normalized spacial score (nSPS) is 16.0. The van der Waals surface area contributed by atoms with Gasteiger partial charge < -0.3 is 4.90 Å². The number of rotatable bonds is 3. The number of aryl methyl sites for hydroxylation is 2. The van der Waals surface area contributed by atoms with Crippen LogP contribution in [-0.2, 0) is 14.6 Å². The molecule has 1 aromatic rings. The molecule has 1 heterocycles. The zero-order chi connectivity index (χ0) is 18.1. The van der Waals surface area contributed by atoms with Crippen LogP contribution in [0.1, 0.15) is 43.9 Å². The predicted octanol–water partition coefficient (Wildman–Crippen LogP) is 3.13. The van der Waals surface area contributed by atoms with Crippen molar-refractivity contribution in [1.29, 1.82) is 0 Å². The number of benzene rings is 1. The van der Waals surface area contributed by atoms with E-state index in [9.17, 15) is 13.2 Å². The van der Waals surface area contributed by atoms with Crippen LogP contribution in [-0.4, -0.2) is 42.8 Å². The molecule has 0 aromatic heterocycles. The highest BCUT2D eigenvalue weighted by atomic mass is 32.2. The number of amides is 1. The van der Waals surface area contributed by atoms with Crippen LogP contribution < -0.4 is 0 Å². The van der Waals surface area contributed by atoms with E-state index in [0.717, 1.165) is 6.42 Å². The van der Waals surface area contributed by atoms with Crippen molar-refractivity contribution in [1.82, 2.24) is 4.90 Å². The minimum Gasteiger partial charge on any atom is -0.338 e.